The minimum absolute atomic E-state index is 0.0656. The van der Waals surface area contributed by atoms with Crippen LogP contribution in [-0.2, 0) is 0 Å². The molecule has 0 aromatic heterocycles. The van der Waals surface area contributed by atoms with Gasteiger partial charge in [-0.2, -0.15) is 0 Å². The van der Waals surface area contributed by atoms with Crippen LogP contribution in [-0.4, -0.2) is 17.3 Å². The third-order valence-corrected chi connectivity index (χ3v) is 4.36. The zero-order valence-electron chi connectivity index (χ0n) is 11.2. The Bertz CT molecular complexity index is 427. The van der Waals surface area contributed by atoms with Crippen molar-refractivity contribution in [1.82, 2.24) is 5.32 Å². The van der Waals surface area contributed by atoms with Crippen molar-refractivity contribution in [2.24, 2.45) is 0 Å². The van der Waals surface area contributed by atoms with Gasteiger partial charge in [-0.15, -0.1) is 0 Å². The molecule has 106 valence electrons. The average Bonchev–Trinajstić information content (AvgIpc) is 2.58. The van der Waals surface area contributed by atoms with Crippen LogP contribution in [0.15, 0.2) is 22.7 Å². The lowest BCUT2D eigenvalue weighted by Gasteiger charge is -2.26. The van der Waals surface area contributed by atoms with Crippen molar-refractivity contribution in [2.75, 3.05) is 0 Å². The summed E-state index contributed by atoms with van der Waals surface area (Å²) >= 11 is 3.37. The molecular weight excluding hydrogens is 309 g/mol. The summed E-state index contributed by atoms with van der Waals surface area (Å²) in [5.74, 6) is -0.202. The van der Waals surface area contributed by atoms with E-state index < -0.39 is 0 Å². The van der Waals surface area contributed by atoms with Gasteiger partial charge >= 0.3 is 0 Å². The van der Waals surface area contributed by atoms with Crippen LogP contribution in [0, 0.1) is 5.82 Å². The molecule has 2 N–H and O–H groups in total. The average molecular weight is 330 g/mol. The smallest absolute Gasteiger partial charge is 0.128 e. The third kappa shape index (κ3) is 4.01. The van der Waals surface area contributed by atoms with E-state index in [0.29, 0.717) is 5.56 Å². The third-order valence-electron chi connectivity index (χ3n) is 3.87. The number of hydrogen-bond acceptors (Lipinski definition) is 2. The number of nitrogens with one attached hydrogen (secondary N) is 1. The highest BCUT2D eigenvalue weighted by Crippen LogP contribution is 2.25. The van der Waals surface area contributed by atoms with Crippen molar-refractivity contribution in [3.05, 3.63) is 34.1 Å². The SMILES string of the molecule is CC(NC1CCCCCC1O)c1cc(Br)ccc1F. The monoisotopic (exact) mass is 329 g/mol. The molecule has 1 aliphatic rings. The maximum Gasteiger partial charge on any atom is 0.128 e. The van der Waals surface area contributed by atoms with E-state index >= 15 is 0 Å². The summed E-state index contributed by atoms with van der Waals surface area (Å²) in [7, 11) is 0. The highest BCUT2D eigenvalue weighted by molar-refractivity contribution is 9.10. The summed E-state index contributed by atoms with van der Waals surface area (Å²) in [6, 6.07) is 4.94. The summed E-state index contributed by atoms with van der Waals surface area (Å²) in [5, 5.41) is 13.5. The molecule has 1 aromatic carbocycles. The molecule has 0 bridgehead atoms. The molecule has 1 aliphatic carbocycles. The standard InChI is InChI=1S/C15H21BrFNO/c1-10(12-9-11(16)7-8-13(12)17)18-14-5-3-2-4-6-15(14)19/h7-10,14-15,18-19H,2-6H2,1H3. The predicted octanol–water partition coefficient (Wildman–Crippen LogP) is 3.93. The minimum Gasteiger partial charge on any atom is -0.392 e. The van der Waals surface area contributed by atoms with E-state index in [1.54, 1.807) is 12.1 Å². The Morgan fingerprint density at radius 1 is 1.32 bits per heavy atom. The maximum absolute atomic E-state index is 13.8. The van der Waals surface area contributed by atoms with Crippen molar-refractivity contribution in [2.45, 2.75) is 57.2 Å². The van der Waals surface area contributed by atoms with E-state index in [-0.39, 0.29) is 24.0 Å². The molecule has 3 unspecified atom stereocenters. The second-order valence-electron chi connectivity index (χ2n) is 5.37. The van der Waals surface area contributed by atoms with Gasteiger partial charge in [-0.05, 0) is 38.0 Å². The van der Waals surface area contributed by atoms with E-state index in [1.165, 1.54) is 12.5 Å². The molecule has 0 aliphatic heterocycles. The molecule has 0 heterocycles. The molecule has 1 fully saturated rings. The first-order valence-electron chi connectivity index (χ1n) is 6.97. The Morgan fingerprint density at radius 2 is 2.05 bits per heavy atom. The van der Waals surface area contributed by atoms with Crippen LogP contribution in [0.1, 0.15) is 50.6 Å². The van der Waals surface area contributed by atoms with Crippen LogP contribution < -0.4 is 5.32 Å². The molecule has 0 radical (unpaired) electrons. The van der Waals surface area contributed by atoms with Crippen molar-refractivity contribution in [3.63, 3.8) is 0 Å². The number of hydrogen-bond donors (Lipinski definition) is 2. The minimum atomic E-state index is -0.319. The van der Waals surface area contributed by atoms with Gasteiger partial charge in [0.2, 0.25) is 0 Å². The molecule has 0 amide bonds. The van der Waals surface area contributed by atoms with Crippen LogP contribution in [0.2, 0.25) is 0 Å². The number of aliphatic hydroxyl groups excluding tert-OH is 1. The van der Waals surface area contributed by atoms with E-state index in [0.717, 1.165) is 30.2 Å². The fraction of sp³-hybridized carbons (Fsp3) is 0.600. The first kappa shape index (κ1) is 14.9. The quantitative estimate of drug-likeness (QED) is 0.823. The van der Waals surface area contributed by atoms with Crippen LogP contribution in [0.3, 0.4) is 0 Å². The lowest BCUT2D eigenvalue weighted by molar-refractivity contribution is 0.114. The Morgan fingerprint density at radius 3 is 2.84 bits per heavy atom. The first-order valence-corrected chi connectivity index (χ1v) is 7.76. The van der Waals surface area contributed by atoms with E-state index in [2.05, 4.69) is 21.2 Å². The Hall–Kier alpha value is -0.450. The summed E-state index contributed by atoms with van der Waals surface area (Å²) in [4.78, 5) is 0. The Balaban J connectivity index is 2.06. The fourth-order valence-electron chi connectivity index (χ4n) is 2.74. The largest absolute Gasteiger partial charge is 0.392 e. The summed E-state index contributed by atoms with van der Waals surface area (Å²) in [6.45, 7) is 1.95. The number of halogens is 2. The van der Waals surface area contributed by atoms with Gasteiger partial charge in [0.05, 0.1) is 6.10 Å². The molecule has 1 saturated carbocycles. The molecule has 0 saturated heterocycles. The van der Waals surface area contributed by atoms with Crippen molar-refractivity contribution in [1.29, 1.82) is 0 Å². The van der Waals surface area contributed by atoms with Crippen molar-refractivity contribution < 1.29 is 9.50 Å². The van der Waals surface area contributed by atoms with Gasteiger partial charge in [-0.3, -0.25) is 0 Å². The lowest BCUT2D eigenvalue weighted by Crippen LogP contribution is -2.40. The normalized spacial score (nSPS) is 25.9. The number of benzene rings is 1. The first-order chi connectivity index (χ1) is 9.08. The van der Waals surface area contributed by atoms with Crippen LogP contribution in [0.25, 0.3) is 0 Å². The van der Waals surface area contributed by atoms with Crippen molar-refractivity contribution >= 4 is 15.9 Å². The van der Waals surface area contributed by atoms with Crippen molar-refractivity contribution in [3.8, 4) is 0 Å². The van der Waals surface area contributed by atoms with E-state index in [1.807, 2.05) is 6.92 Å². The van der Waals surface area contributed by atoms with Crippen LogP contribution in [0.5, 0.6) is 0 Å². The topological polar surface area (TPSA) is 32.3 Å². The summed E-state index contributed by atoms with van der Waals surface area (Å²) < 4.78 is 14.7. The highest BCUT2D eigenvalue weighted by Gasteiger charge is 2.24. The van der Waals surface area contributed by atoms with Crippen LogP contribution in [0.4, 0.5) is 4.39 Å². The van der Waals surface area contributed by atoms with Gasteiger partial charge in [0.1, 0.15) is 5.82 Å². The van der Waals surface area contributed by atoms with Crippen LogP contribution >= 0.6 is 15.9 Å². The zero-order valence-corrected chi connectivity index (χ0v) is 12.8. The second-order valence-corrected chi connectivity index (χ2v) is 6.28. The number of aliphatic hydroxyl groups is 1. The molecular formula is C15H21BrFNO. The van der Waals surface area contributed by atoms with Gasteiger partial charge in [-0.1, -0.05) is 35.2 Å². The molecule has 4 heteroatoms. The molecule has 2 rings (SSSR count). The van der Waals surface area contributed by atoms with Gasteiger partial charge in [0.25, 0.3) is 0 Å². The molecule has 19 heavy (non-hydrogen) atoms. The Labute approximate surface area is 122 Å². The zero-order chi connectivity index (χ0) is 13.8. The van der Waals surface area contributed by atoms with Gasteiger partial charge in [0, 0.05) is 22.1 Å². The number of rotatable bonds is 3. The van der Waals surface area contributed by atoms with Gasteiger partial charge in [0.15, 0.2) is 0 Å². The Kier molecular flexibility index (Phi) is 5.37. The predicted molar refractivity (Wildman–Crippen MR) is 78.5 cm³/mol. The van der Waals surface area contributed by atoms with Gasteiger partial charge < -0.3 is 10.4 Å². The molecule has 3 atom stereocenters. The summed E-state index contributed by atoms with van der Waals surface area (Å²) in [6.07, 6.45) is 4.86. The highest BCUT2D eigenvalue weighted by atomic mass is 79.9. The second kappa shape index (κ2) is 6.82. The maximum atomic E-state index is 13.8. The summed E-state index contributed by atoms with van der Waals surface area (Å²) in [5.41, 5.74) is 0.644. The fourth-order valence-corrected chi connectivity index (χ4v) is 3.12. The molecule has 2 nitrogen and oxygen atoms in total. The lowest BCUT2D eigenvalue weighted by atomic mass is 10.0. The molecule has 1 aromatic rings. The van der Waals surface area contributed by atoms with Gasteiger partial charge in [-0.25, -0.2) is 4.39 Å². The molecule has 0 spiro atoms. The van der Waals surface area contributed by atoms with E-state index in [9.17, 15) is 9.50 Å². The van der Waals surface area contributed by atoms with E-state index in [4.69, 9.17) is 0 Å².